The number of carbonyl (C=O) groups is 1. The number of ether oxygens (including phenoxy) is 1. The van der Waals surface area contributed by atoms with Gasteiger partial charge in [-0.3, -0.25) is 9.52 Å². The van der Waals surface area contributed by atoms with Gasteiger partial charge >= 0.3 is 0 Å². The number of rotatable bonds is 7. The molecule has 0 aliphatic rings. The van der Waals surface area contributed by atoms with Crippen molar-refractivity contribution >= 4 is 33.4 Å². The van der Waals surface area contributed by atoms with E-state index in [1.807, 2.05) is 31.2 Å². The molecule has 6 nitrogen and oxygen atoms in total. The Morgan fingerprint density at radius 2 is 1.63 bits per heavy atom. The van der Waals surface area contributed by atoms with Crippen molar-refractivity contribution in [3.63, 3.8) is 0 Å². The van der Waals surface area contributed by atoms with Gasteiger partial charge in [0, 0.05) is 17.8 Å². The van der Waals surface area contributed by atoms with E-state index in [1.165, 1.54) is 37.5 Å². The Labute approximate surface area is 176 Å². The number of hydrogen-bond donors (Lipinski definition) is 2. The Morgan fingerprint density at radius 3 is 2.30 bits per heavy atom. The summed E-state index contributed by atoms with van der Waals surface area (Å²) in [6, 6.07) is 20.4. The SMILES string of the molecule is COc1cccc(NS(=O)(=O)c2ccc(NC(=O)/C=C/c3ccc(C)cc3)cc2)c1. The van der Waals surface area contributed by atoms with Crippen LogP contribution >= 0.6 is 0 Å². The van der Waals surface area contributed by atoms with Gasteiger partial charge in [0.25, 0.3) is 10.0 Å². The summed E-state index contributed by atoms with van der Waals surface area (Å²) in [5.41, 5.74) is 2.95. The van der Waals surface area contributed by atoms with Gasteiger partial charge in [-0.05, 0) is 55.0 Å². The van der Waals surface area contributed by atoms with E-state index in [0.29, 0.717) is 17.1 Å². The molecule has 3 rings (SSSR count). The predicted octanol–water partition coefficient (Wildman–Crippen LogP) is 4.46. The van der Waals surface area contributed by atoms with E-state index in [4.69, 9.17) is 4.74 Å². The Balaban J connectivity index is 1.64. The zero-order valence-electron chi connectivity index (χ0n) is 16.6. The zero-order chi connectivity index (χ0) is 21.6. The first kappa shape index (κ1) is 21.1. The lowest BCUT2D eigenvalue weighted by atomic mass is 10.1. The third kappa shape index (κ3) is 5.71. The lowest BCUT2D eigenvalue weighted by Crippen LogP contribution is -2.13. The van der Waals surface area contributed by atoms with Gasteiger partial charge in [0.2, 0.25) is 5.91 Å². The number of benzene rings is 3. The summed E-state index contributed by atoms with van der Waals surface area (Å²) in [5.74, 6) is 0.243. The van der Waals surface area contributed by atoms with Crippen molar-refractivity contribution < 1.29 is 17.9 Å². The van der Waals surface area contributed by atoms with Gasteiger partial charge in [0.05, 0.1) is 17.7 Å². The van der Waals surface area contributed by atoms with Crippen molar-refractivity contribution in [3.8, 4) is 5.75 Å². The maximum Gasteiger partial charge on any atom is 0.261 e. The van der Waals surface area contributed by atoms with Crippen molar-refractivity contribution in [3.05, 3.63) is 90.0 Å². The first-order valence-corrected chi connectivity index (χ1v) is 10.7. The summed E-state index contributed by atoms with van der Waals surface area (Å²) in [7, 11) is -2.26. The molecule has 0 bridgehead atoms. The van der Waals surface area contributed by atoms with E-state index in [-0.39, 0.29) is 10.8 Å². The van der Waals surface area contributed by atoms with Crippen molar-refractivity contribution in [1.82, 2.24) is 0 Å². The molecule has 2 N–H and O–H groups in total. The van der Waals surface area contributed by atoms with Crippen molar-refractivity contribution in [2.75, 3.05) is 17.1 Å². The van der Waals surface area contributed by atoms with Crippen LogP contribution < -0.4 is 14.8 Å². The highest BCUT2D eigenvalue weighted by Crippen LogP contribution is 2.21. The first-order valence-electron chi connectivity index (χ1n) is 9.18. The van der Waals surface area contributed by atoms with Gasteiger partial charge < -0.3 is 10.1 Å². The molecule has 0 fully saturated rings. The Bertz CT molecular complexity index is 1150. The maximum absolute atomic E-state index is 12.6. The summed E-state index contributed by atoms with van der Waals surface area (Å²) in [6.45, 7) is 2.00. The lowest BCUT2D eigenvalue weighted by Gasteiger charge is -2.10. The molecule has 1 amide bonds. The predicted molar refractivity (Wildman–Crippen MR) is 119 cm³/mol. The number of hydrogen-bond acceptors (Lipinski definition) is 4. The van der Waals surface area contributed by atoms with Gasteiger partial charge in [0.1, 0.15) is 5.75 Å². The van der Waals surface area contributed by atoms with Crippen LogP contribution in [0.1, 0.15) is 11.1 Å². The van der Waals surface area contributed by atoms with E-state index >= 15 is 0 Å². The maximum atomic E-state index is 12.6. The minimum absolute atomic E-state index is 0.0820. The molecule has 0 saturated heterocycles. The molecule has 3 aromatic carbocycles. The highest BCUT2D eigenvalue weighted by Gasteiger charge is 2.14. The van der Waals surface area contributed by atoms with Crippen LogP contribution in [0, 0.1) is 6.92 Å². The molecule has 0 saturated carbocycles. The minimum Gasteiger partial charge on any atom is -0.497 e. The fraction of sp³-hybridized carbons (Fsp3) is 0.0870. The summed E-state index contributed by atoms with van der Waals surface area (Å²) in [5, 5.41) is 2.71. The Morgan fingerprint density at radius 1 is 0.933 bits per heavy atom. The molecular formula is C23H22N2O4S. The molecular weight excluding hydrogens is 400 g/mol. The molecule has 154 valence electrons. The van der Waals surface area contributed by atoms with Crippen LogP contribution in [0.15, 0.2) is 83.8 Å². The number of anilines is 2. The topological polar surface area (TPSA) is 84.5 Å². The summed E-state index contributed by atoms with van der Waals surface area (Å²) in [4.78, 5) is 12.2. The van der Waals surface area contributed by atoms with Gasteiger partial charge in [-0.2, -0.15) is 0 Å². The molecule has 0 unspecified atom stereocenters. The molecule has 0 radical (unpaired) electrons. The van der Waals surface area contributed by atoms with Gasteiger partial charge in [-0.25, -0.2) is 8.42 Å². The molecule has 0 aromatic heterocycles. The highest BCUT2D eigenvalue weighted by molar-refractivity contribution is 7.92. The second-order valence-corrected chi connectivity index (χ2v) is 8.28. The van der Waals surface area contributed by atoms with Crippen LogP contribution in [-0.2, 0) is 14.8 Å². The molecule has 0 atom stereocenters. The summed E-state index contributed by atoms with van der Waals surface area (Å²) >= 11 is 0. The van der Waals surface area contributed by atoms with Crippen molar-refractivity contribution in [2.45, 2.75) is 11.8 Å². The molecule has 0 aliphatic heterocycles. The Hall–Kier alpha value is -3.58. The summed E-state index contributed by atoms with van der Waals surface area (Å²) in [6.07, 6.45) is 3.14. The first-order chi connectivity index (χ1) is 14.4. The molecule has 0 spiro atoms. The number of methoxy groups -OCH3 is 1. The minimum atomic E-state index is -3.77. The number of amides is 1. The monoisotopic (exact) mass is 422 g/mol. The second kappa shape index (κ2) is 9.28. The van der Waals surface area contributed by atoms with E-state index in [0.717, 1.165) is 11.1 Å². The molecule has 7 heteroatoms. The van der Waals surface area contributed by atoms with Crippen LogP contribution in [0.5, 0.6) is 5.75 Å². The second-order valence-electron chi connectivity index (χ2n) is 6.60. The highest BCUT2D eigenvalue weighted by atomic mass is 32.2. The summed E-state index contributed by atoms with van der Waals surface area (Å²) < 4.78 is 32.7. The van der Waals surface area contributed by atoms with Gasteiger partial charge in [-0.1, -0.05) is 35.9 Å². The average molecular weight is 423 g/mol. The van der Waals surface area contributed by atoms with Crippen LogP contribution in [-0.4, -0.2) is 21.4 Å². The molecule has 30 heavy (non-hydrogen) atoms. The number of nitrogens with one attached hydrogen (secondary N) is 2. The normalized spacial score (nSPS) is 11.3. The number of aryl methyl sites for hydroxylation is 1. The smallest absolute Gasteiger partial charge is 0.261 e. The van der Waals surface area contributed by atoms with E-state index in [1.54, 1.807) is 30.3 Å². The zero-order valence-corrected chi connectivity index (χ0v) is 17.4. The third-order valence-electron chi connectivity index (χ3n) is 4.26. The van der Waals surface area contributed by atoms with Crippen LogP contribution in [0.4, 0.5) is 11.4 Å². The largest absolute Gasteiger partial charge is 0.497 e. The number of carbonyl (C=O) groups excluding carboxylic acids is 1. The molecule has 0 aliphatic carbocycles. The standard InChI is InChI=1S/C23H22N2O4S/c1-17-6-8-18(9-7-17)10-15-23(26)24-19-11-13-22(14-12-19)30(27,28)25-20-4-3-5-21(16-20)29-2/h3-16,25H,1-2H3,(H,24,26)/b15-10+. The van der Waals surface area contributed by atoms with E-state index < -0.39 is 10.0 Å². The van der Waals surface area contributed by atoms with E-state index in [9.17, 15) is 13.2 Å². The Kier molecular flexibility index (Phi) is 6.54. The van der Waals surface area contributed by atoms with Crippen molar-refractivity contribution in [2.24, 2.45) is 0 Å². The van der Waals surface area contributed by atoms with Gasteiger partial charge in [0.15, 0.2) is 0 Å². The van der Waals surface area contributed by atoms with E-state index in [2.05, 4.69) is 10.0 Å². The average Bonchev–Trinajstić information content (AvgIpc) is 2.73. The molecule has 3 aromatic rings. The van der Waals surface area contributed by atoms with Crippen LogP contribution in [0.2, 0.25) is 0 Å². The third-order valence-corrected chi connectivity index (χ3v) is 5.66. The molecule has 0 heterocycles. The number of sulfonamides is 1. The van der Waals surface area contributed by atoms with Crippen LogP contribution in [0.25, 0.3) is 6.08 Å². The fourth-order valence-electron chi connectivity index (χ4n) is 2.65. The quantitative estimate of drug-likeness (QED) is 0.551. The van der Waals surface area contributed by atoms with Gasteiger partial charge in [-0.15, -0.1) is 0 Å². The van der Waals surface area contributed by atoms with Crippen molar-refractivity contribution in [1.29, 1.82) is 0 Å². The van der Waals surface area contributed by atoms with Crippen LogP contribution in [0.3, 0.4) is 0 Å². The fourth-order valence-corrected chi connectivity index (χ4v) is 3.70. The lowest BCUT2D eigenvalue weighted by molar-refractivity contribution is -0.111.